The van der Waals surface area contributed by atoms with Crippen LogP contribution in [0.3, 0.4) is 0 Å². The number of carbonyl (C=O) groups is 1. The SMILES string of the molecule is CC(C)OC(=O)C(C)NP(=O)(OCC1OC(n2ccc(=O)[nH]c2=O)C(C)(F)C1O)Oc1ccc2oc3c(c2c1)CCCC3. The molecule has 3 aromatic rings. The molecule has 1 saturated heterocycles. The molecule has 0 spiro atoms. The summed E-state index contributed by atoms with van der Waals surface area (Å²) in [6, 6.07) is 4.77. The van der Waals surface area contributed by atoms with Crippen molar-refractivity contribution in [2.24, 2.45) is 0 Å². The van der Waals surface area contributed by atoms with Crippen LogP contribution in [0.15, 0.2) is 44.5 Å². The second-order valence-electron chi connectivity index (χ2n) is 11.2. The fourth-order valence-corrected chi connectivity index (χ4v) is 6.78. The van der Waals surface area contributed by atoms with Crippen LogP contribution in [0, 0.1) is 0 Å². The van der Waals surface area contributed by atoms with Crippen molar-refractivity contribution in [2.75, 3.05) is 6.61 Å². The Labute approximate surface area is 245 Å². The van der Waals surface area contributed by atoms with Crippen LogP contribution < -0.4 is 20.9 Å². The van der Waals surface area contributed by atoms with Gasteiger partial charge in [-0.25, -0.2) is 13.8 Å². The topological polar surface area (TPSA) is 171 Å². The van der Waals surface area contributed by atoms with Gasteiger partial charge in [0.25, 0.3) is 5.56 Å². The van der Waals surface area contributed by atoms with Crippen molar-refractivity contribution in [3.63, 3.8) is 0 Å². The number of benzene rings is 1. The van der Waals surface area contributed by atoms with E-state index in [0.717, 1.165) is 66.1 Å². The van der Waals surface area contributed by atoms with Crippen molar-refractivity contribution >= 4 is 24.7 Å². The lowest BCUT2D eigenvalue weighted by Gasteiger charge is -2.25. The molecule has 1 aliphatic carbocycles. The van der Waals surface area contributed by atoms with Gasteiger partial charge in [-0.2, -0.15) is 5.09 Å². The summed E-state index contributed by atoms with van der Waals surface area (Å²) in [5.41, 5.74) is -2.43. The van der Waals surface area contributed by atoms with Gasteiger partial charge in [0.2, 0.25) is 0 Å². The number of hydrogen-bond acceptors (Lipinski definition) is 10. The number of hydrogen-bond donors (Lipinski definition) is 3. The number of rotatable bonds is 10. The first-order chi connectivity index (χ1) is 20.3. The maximum Gasteiger partial charge on any atom is 0.459 e. The van der Waals surface area contributed by atoms with E-state index in [4.69, 9.17) is 22.9 Å². The summed E-state index contributed by atoms with van der Waals surface area (Å²) < 4.78 is 58.9. The fraction of sp³-hybridized carbons (Fsp3) is 0.536. The van der Waals surface area contributed by atoms with Crippen LogP contribution in [0.5, 0.6) is 5.75 Å². The normalized spacial score (nSPS) is 25.8. The minimum atomic E-state index is -4.42. The Morgan fingerprint density at radius 1 is 1.26 bits per heavy atom. The zero-order valence-corrected chi connectivity index (χ0v) is 25.1. The van der Waals surface area contributed by atoms with Crippen LogP contribution in [-0.2, 0) is 36.2 Å². The molecule has 6 atom stereocenters. The molecular weight excluding hydrogens is 588 g/mol. The average Bonchev–Trinajstić information content (AvgIpc) is 3.41. The van der Waals surface area contributed by atoms with Gasteiger partial charge < -0.3 is 23.5 Å². The van der Waals surface area contributed by atoms with Gasteiger partial charge >= 0.3 is 19.4 Å². The van der Waals surface area contributed by atoms with E-state index in [1.54, 1.807) is 32.0 Å². The first kappa shape index (κ1) is 31.1. The predicted molar refractivity (Wildman–Crippen MR) is 152 cm³/mol. The largest absolute Gasteiger partial charge is 0.462 e. The average molecular weight is 624 g/mol. The molecule has 3 N–H and O–H groups in total. The minimum Gasteiger partial charge on any atom is -0.462 e. The van der Waals surface area contributed by atoms with Crippen LogP contribution in [0.2, 0.25) is 0 Å². The molecule has 43 heavy (non-hydrogen) atoms. The number of nitrogens with zero attached hydrogens (tertiary/aromatic N) is 1. The molecule has 15 heteroatoms. The molecule has 1 aromatic carbocycles. The predicted octanol–water partition coefficient (Wildman–Crippen LogP) is 3.28. The van der Waals surface area contributed by atoms with Crippen molar-refractivity contribution in [3.8, 4) is 5.75 Å². The zero-order valence-electron chi connectivity index (χ0n) is 24.2. The van der Waals surface area contributed by atoms with Crippen LogP contribution in [0.4, 0.5) is 4.39 Å². The number of aromatic nitrogens is 2. The number of furan rings is 1. The highest BCUT2D eigenvalue weighted by atomic mass is 31.2. The van der Waals surface area contributed by atoms with E-state index in [9.17, 15) is 24.1 Å². The second-order valence-corrected chi connectivity index (χ2v) is 12.9. The fourth-order valence-electron chi connectivity index (χ4n) is 5.29. The first-order valence-corrected chi connectivity index (χ1v) is 15.6. The molecule has 0 bridgehead atoms. The summed E-state index contributed by atoms with van der Waals surface area (Å²) in [6.45, 7) is 5.11. The highest BCUT2D eigenvalue weighted by Crippen LogP contribution is 2.48. The van der Waals surface area contributed by atoms with Gasteiger partial charge in [-0.3, -0.25) is 23.7 Å². The zero-order chi connectivity index (χ0) is 31.1. The maximum absolute atomic E-state index is 15.7. The number of aryl methyl sites for hydroxylation is 2. The van der Waals surface area contributed by atoms with Crippen LogP contribution in [-0.4, -0.2) is 57.3 Å². The lowest BCUT2D eigenvalue weighted by molar-refractivity contribution is -0.149. The Kier molecular flexibility index (Phi) is 8.70. The summed E-state index contributed by atoms with van der Waals surface area (Å²) >= 11 is 0. The number of aromatic amines is 1. The minimum absolute atomic E-state index is 0.155. The molecule has 13 nitrogen and oxygen atoms in total. The van der Waals surface area contributed by atoms with Gasteiger partial charge in [0.1, 0.15) is 35.3 Å². The molecular formula is C28H35FN3O10P. The van der Waals surface area contributed by atoms with E-state index >= 15 is 4.39 Å². The van der Waals surface area contributed by atoms with Gasteiger partial charge in [-0.1, -0.05) is 0 Å². The van der Waals surface area contributed by atoms with E-state index in [2.05, 4.69) is 5.09 Å². The first-order valence-electron chi connectivity index (χ1n) is 14.1. The number of esters is 1. The number of nitrogens with one attached hydrogen (secondary N) is 2. The number of aliphatic hydroxyl groups excluding tert-OH is 1. The van der Waals surface area contributed by atoms with Gasteiger partial charge in [-0.15, -0.1) is 0 Å². The lowest BCUT2D eigenvalue weighted by Crippen LogP contribution is -2.43. The third kappa shape index (κ3) is 6.48. The molecule has 0 radical (unpaired) electrons. The van der Waals surface area contributed by atoms with E-state index < -0.39 is 67.8 Å². The maximum atomic E-state index is 15.7. The van der Waals surface area contributed by atoms with E-state index in [1.807, 2.05) is 4.98 Å². The van der Waals surface area contributed by atoms with Crippen molar-refractivity contribution in [1.29, 1.82) is 0 Å². The Morgan fingerprint density at radius 2 is 2.00 bits per heavy atom. The molecule has 1 fully saturated rings. The smallest absolute Gasteiger partial charge is 0.459 e. The quantitative estimate of drug-likeness (QED) is 0.224. The standard InChI is InChI=1S/C28H35FN3O10P/c1-15(2)39-25(35)16(3)31-43(37,42-17-9-10-21-19(13-17)18-7-5-6-8-20(18)40-21)38-14-22-24(34)28(4,29)26(41-22)32-12-11-23(33)30-27(32)36/h9-13,15-16,22,24,26,34H,5-8,14H2,1-4H3,(H,31,37)(H,30,33,36). The number of fused-ring (bicyclic) bond motifs is 3. The molecule has 0 amide bonds. The Balaban J connectivity index is 1.39. The summed E-state index contributed by atoms with van der Waals surface area (Å²) in [5.74, 6) is 0.342. The summed E-state index contributed by atoms with van der Waals surface area (Å²) in [5, 5.41) is 14.1. The van der Waals surface area contributed by atoms with Crippen LogP contribution >= 0.6 is 7.75 Å². The number of alkyl halides is 1. The third-order valence-electron chi connectivity index (χ3n) is 7.44. The van der Waals surface area contributed by atoms with E-state index in [-0.39, 0.29) is 5.75 Å². The summed E-state index contributed by atoms with van der Waals surface area (Å²) in [6.07, 6.45) is -0.597. The summed E-state index contributed by atoms with van der Waals surface area (Å²) in [4.78, 5) is 38.3. The highest BCUT2D eigenvalue weighted by molar-refractivity contribution is 7.52. The monoisotopic (exact) mass is 623 g/mol. The molecule has 2 aliphatic rings. The number of carbonyl (C=O) groups excluding carboxylic acids is 1. The molecule has 3 heterocycles. The van der Waals surface area contributed by atoms with Crippen molar-refractivity contribution in [1.82, 2.24) is 14.6 Å². The van der Waals surface area contributed by atoms with Gasteiger partial charge in [0, 0.05) is 29.6 Å². The highest BCUT2D eigenvalue weighted by Gasteiger charge is 2.56. The molecule has 234 valence electrons. The van der Waals surface area contributed by atoms with Gasteiger partial charge in [0.05, 0.1) is 12.7 Å². The van der Waals surface area contributed by atoms with Gasteiger partial charge in [0.15, 0.2) is 11.9 Å². The molecule has 1 aliphatic heterocycles. The summed E-state index contributed by atoms with van der Waals surface area (Å²) in [7, 11) is -4.42. The molecule has 0 saturated carbocycles. The van der Waals surface area contributed by atoms with Crippen molar-refractivity contribution in [2.45, 2.75) is 89.6 Å². The van der Waals surface area contributed by atoms with Crippen molar-refractivity contribution < 1.29 is 41.8 Å². The Morgan fingerprint density at radius 3 is 2.72 bits per heavy atom. The van der Waals surface area contributed by atoms with E-state index in [1.165, 1.54) is 6.92 Å². The molecule has 5 rings (SSSR count). The third-order valence-corrected chi connectivity index (χ3v) is 9.08. The Bertz CT molecular complexity index is 1660. The molecule has 6 unspecified atom stereocenters. The van der Waals surface area contributed by atoms with Crippen molar-refractivity contribution in [3.05, 3.63) is 62.6 Å². The Hall–Kier alpha value is -3.29. The number of aliphatic hydroxyl groups is 1. The number of halogens is 1. The van der Waals surface area contributed by atoms with Crippen LogP contribution in [0.1, 0.15) is 58.1 Å². The number of H-pyrrole nitrogens is 1. The molecule has 2 aromatic heterocycles. The van der Waals surface area contributed by atoms with Gasteiger partial charge in [-0.05, 0) is 65.2 Å². The number of ether oxygens (including phenoxy) is 2. The lowest BCUT2D eigenvalue weighted by atomic mass is 9.96. The second kappa shape index (κ2) is 12.0. The van der Waals surface area contributed by atoms with Crippen LogP contribution in [0.25, 0.3) is 11.0 Å². The van der Waals surface area contributed by atoms with E-state index in [0.29, 0.717) is 5.58 Å².